The Kier molecular flexibility index (Phi) is 3.09. The molecule has 1 rings (SSSR count). The van der Waals surface area contributed by atoms with E-state index in [0.717, 1.165) is 10.7 Å². The second-order valence-corrected chi connectivity index (χ2v) is 4.12. The number of nitrogens with zero attached hydrogens (tertiary/aromatic N) is 1. The lowest BCUT2D eigenvalue weighted by Crippen LogP contribution is -2.18. The first-order valence-corrected chi connectivity index (χ1v) is 5.07. The summed E-state index contributed by atoms with van der Waals surface area (Å²) in [5, 5.41) is 2.93. The number of alkyl halides is 1. The van der Waals surface area contributed by atoms with Crippen molar-refractivity contribution in [2.24, 2.45) is 0 Å². The van der Waals surface area contributed by atoms with Gasteiger partial charge in [-0.2, -0.15) is 0 Å². The number of halogens is 1. The smallest absolute Gasteiger partial charge is 0.124 e. The summed E-state index contributed by atoms with van der Waals surface area (Å²) in [6.45, 7) is 3.98. The number of thiazole rings is 1. The van der Waals surface area contributed by atoms with Crippen LogP contribution >= 0.6 is 22.9 Å². The minimum absolute atomic E-state index is 0.297. The van der Waals surface area contributed by atoms with Crippen LogP contribution in [0.5, 0.6) is 0 Å². The Balaban J connectivity index is 2.88. The van der Waals surface area contributed by atoms with Crippen LogP contribution in [0.25, 0.3) is 0 Å². The maximum absolute atomic E-state index is 5.64. The zero-order valence-corrected chi connectivity index (χ0v) is 9.00. The van der Waals surface area contributed by atoms with Crippen molar-refractivity contribution in [3.05, 3.63) is 16.1 Å². The van der Waals surface area contributed by atoms with Crippen molar-refractivity contribution in [3.63, 3.8) is 0 Å². The zero-order chi connectivity index (χ0) is 9.19. The van der Waals surface area contributed by atoms with Crippen molar-refractivity contribution in [2.75, 3.05) is 7.11 Å². The van der Waals surface area contributed by atoms with Gasteiger partial charge < -0.3 is 4.74 Å². The molecule has 0 radical (unpaired) electrons. The molecule has 0 saturated heterocycles. The number of methoxy groups -OCH3 is 1. The predicted octanol–water partition coefficient (Wildman–Crippen LogP) is 2.76. The molecule has 12 heavy (non-hydrogen) atoms. The average molecular weight is 206 g/mol. The maximum Gasteiger partial charge on any atom is 0.124 e. The molecule has 0 spiro atoms. The largest absolute Gasteiger partial charge is 0.372 e. The van der Waals surface area contributed by atoms with E-state index < -0.39 is 0 Å². The first-order valence-electron chi connectivity index (χ1n) is 3.66. The third-order valence-corrected chi connectivity index (χ3v) is 3.18. The molecule has 0 unspecified atom stereocenters. The van der Waals surface area contributed by atoms with E-state index in [0.29, 0.717) is 5.88 Å². The standard InChI is InChI=1S/C8H12ClNOS/c1-8(2,11-3)7-10-6(4-9)5-12-7/h5H,4H2,1-3H3. The van der Waals surface area contributed by atoms with E-state index in [1.54, 1.807) is 18.4 Å². The quantitative estimate of drug-likeness (QED) is 0.708. The highest BCUT2D eigenvalue weighted by Gasteiger charge is 2.23. The number of aromatic nitrogens is 1. The third-order valence-electron chi connectivity index (χ3n) is 1.71. The summed E-state index contributed by atoms with van der Waals surface area (Å²) in [4.78, 5) is 4.33. The third kappa shape index (κ3) is 1.97. The van der Waals surface area contributed by atoms with Gasteiger partial charge in [0.2, 0.25) is 0 Å². The fraction of sp³-hybridized carbons (Fsp3) is 0.625. The fourth-order valence-corrected chi connectivity index (χ4v) is 1.88. The van der Waals surface area contributed by atoms with Crippen molar-refractivity contribution in [3.8, 4) is 0 Å². The lowest BCUT2D eigenvalue weighted by Gasteiger charge is -2.19. The molecule has 0 aliphatic carbocycles. The molecule has 0 N–H and O–H groups in total. The minimum Gasteiger partial charge on any atom is -0.372 e. The van der Waals surface area contributed by atoms with Gasteiger partial charge in [0.1, 0.15) is 10.6 Å². The van der Waals surface area contributed by atoms with E-state index in [2.05, 4.69) is 4.98 Å². The number of hydrogen-bond donors (Lipinski definition) is 0. The van der Waals surface area contributed by atoms with Crippen LogP contribution in [0.15, 0.2) is 5.38 Å². The summed E-state index contributed by atoms with van der Waals surface area (Å²) in [6, 6.07) is 0. The van der Waals surface area contributed by atoms with Gasteiger partial charge in [-0.05, 0) is 13.8 Å². The molecule has 4 heteroatoms. The summed E-state index contributed by atoms with van der Waals surface area (Å²) in [6.07, 6.45) is 0. The van der Waals surface area contributed by atoms with Gasteiger partial charge in [0.25, 0.3) is 0 Å². The Bertz CT molecular complexity index is 259. The second-order valence-electron chi connectivity index (χ2n) is 2.99. The first kappa shape index (κ1) is 9.96. The number of hydrogen-bond acceptors (Lipinski definition) is 3. The van der Waals surface area contributed by atoms with Crippen LogP contribution in [0.4, 0.5) is 0 Å². The number of ether oxygens (including phenoxy) is 1. The lowest BCUT2D eigenvalue weighted by atomic mass is 10.1. The molecule has 0 bridgehead atoms. The van der Waals surface area contributed by atoms with Crippen LogP contribution in [-0.2, 0) is 16.2 Å². The monoisotopic (exact) mass is 205 g/mol. The van der Waals surface area contributed by atoms with Crippen LogP contribution in [-0.4, -0.2) is 12.1 Å². The Hall–Kier alpha value is -0.120. The zero-order valence-electron chi connectivity index (χ0n) is 7.43. The highest BCUT2D eigenvalue weighted by atomic mass is 35.5. The van der Waals surface area contributed by atoms with E-state index >= 15 is 0 Å². The summed E-state index contributed by atoms with van der Waals surface area (Å²) >= 11 is 7.22. The molecule has 1 aromatic heterocycles. The summed E-state index contributed by atoms with van der Waals surface area (Å²) in [7, 11) is 1.68. The Morgan fingerprint density at radius 3 is 2.75 bits per heavy atom. The average Bonchev–Trinajstić information content (AvgIpc) is 2.52. The molecule has 0 atom stereocenters. The van der Waals surface area contributed by atoms with Crippen molar-refractivity contribution < 1.29 is 4.74 Å². The SMILES string of the molecule is COC(C)(C)c1nc(CCl)cs1. The van der Waals surface area contributed by atoms with Crippen molar-refractivity contribution >= 4 is 22.9 Å². The van der Waals surface area contributed by atoms with Gasteiger partial charge in [-0.3, -0.25) is 0 Å². The topological polar surface area (TPSA) is 22.1 Å². The van der Waals surface area contributed by atoms with E-state index in [9.17, 15) is 0 Å². The van der Waals surface area contributed by atoms with Crippen molar-refractivity contribution in [2.45, 2.75) is 25.3 Å². The van der Waals surface area contributed by atoms with Crippen LogP contribution in [0.1, 0.15) is 24.5 Å². The van der Waals surface area contributed by atoms with Crippen molar-refractivity contribution in [1.82, 2.24) is 4.98 Å². The predicted molar refractivity (Wildman–Crippen MR) is 51.7 cm³/mol. The van der Waals surface area contributed by atoms with Gasteiger partial charge in [-0.25, -0.2) is 4.98 Å². The molecule has 0 saturated carbocycles. The van der Waals surface area contributed by atoms with Gasteiger partial charge in [0.05, 0.1) is 11.6 Å². The van der Waals surface area contributed by atoms with Gasteiger partial charge in [0, 0.05) is 12.5 Å². The van der Waals surface area contributed by atoms with Gasteiger partial charge >= 0.3 is 0 Å². The van der Waals surface area contributed by atoms with Crippen molar-refractivity contribution in [1.29, 1.82) is 0 Å². The molecule has 68 valence electrons. The highest BCUT2D eigenvalue weighted by molar-refractivity contribution is 7.09. The maximum atomic E-state index is 5.64. The van der Waals surface area contributed by atoms with E-state index in [1.165, 1.54) is 0 Å². The van der Waals surface area contributed by atoms with Crippen LogP contribution in [0.2, 0.25) is 0 Å². The van der Waals surface area contributed by atoms with Crippen LogP contribution in [0.3, 0.4) is 0 Å². The summed E-state index contributed by atoms with van der Waals surface area (Å²) in [5.41, 5.74) is 0.622. The summed E-state index contributed by atoms with van der Waals surface area (Å²) in [5.74, 6) is 0.469. The fourth-order valence-electron chi connectivity index (χ4n) is 0.732. The normalized spacial score (nSPS) is 12.0. The first-order chi connectivity index (χ1) is 5.60. The molecule has 0 aromatic carbocycles. The van der Waals surface area contributed by atoms with Gasteiger partial charge in [0.15, 0.2) is 0 Å². The molecular formula is C8H12ClNOS. The molecule has 0 aliphatic heterocycles. The molecule has 2 nitrogen and oxygen atoms in total. The van der Waals surface area contributed by atoms with Crippen LogP contribution in [0, 0.1) is 0 Å². The minimum atomic E-state index is -0.297. The van der Waals surface area contributed by atoms with Gasteiger partial charge in [-0.1, -0.05) is 0 Å². The van der Waals surface area contributed by atoms with E-state index in [-0.39, 0.29) is 5.60 Å². The van der Waals surface area contributed by atoms with E-state index in [1.807, 2.05) is 19.2 Å². The molecule has 0 aliphatic rings. The van der Waals surface area contributed by atoms with Gasteiger partial charge in [-0.15, -0.1) is 22.9 Å². The lowest BCUT2D eigenvalue weighted by molar-refractivity contribution is 0.0189. The van der Waals surface area contributed by atoms with Crippen LogP contribution < -0.4 is 0 Å². The Morgan fingerprint density at radius 2 is 2.33 bits per heavy atom. The molecule has 0 amide bonds. The molecule has 1 heterocycles. The Morgan fingerprint density at radius 1 is 1.67 bits per heavy atom. The molecule has 0 fully saturated rings. The Labute approximate surface area is 81.5 Å². The molecular weight excluding hydrogens is 194 g/mol. The second kappa shape index (κ2) is 3.73. The summed E-state index contributed by atoms with van der Waals surface area (Å²) < 4.78 is 5.29. The number of rotatable bonds is 3. The molecule has 1 aromatic rings. The highest BCUT2D eigenvalue weighted by Crippen LogP contribution is 2.27. The van der Waals surface area contributed by atoms with E-state index in [4.69, 9.17) is 16.3 Å².